The first-order valence-electron chi connectivity index (χ1n) is 8.75. The number of hydrogen-bond acceptors (Lipinski definition) is 6. The second-order valence-corrected chi connectivity index (χ2v) is 6.83. The van der Waals surface area contributed by atoms with E-state index < -0.39 is 12.1 Å². The van der Waals surface area contributed by atoms with Gasteiger partial charge in [0.1, 0.15) is 5.75 Å². The van der Waals surface area contributed by atoms with Crippen LogP contribution in [0.5, 0.6) is 5.75 Å². The van der Waals surface area contributed by atoms with E-state index in [-0.39, 0.29) is 11.8 Å². The van der Waals surface area contributed by atoms with Crippen LogP contribution in [-0.4, -0.2) is 36.0 Å². The standard InChI is InChI=1S/C20H20N4O3/c1-12-4-5-13(2)14(10-12)11-23-18-17(21-22-23)19(25)24(20(18)26)15-6-8-16(27-3)9-7-15/h4-10,17-18H,11H2,1-3H3/t17-,18-/m1/s1. The van der Waals surface area contributed by atoms with Crippen LogP contribution in [0.25, 0.3) is 0 Å². The van der Waals surface area contributed by atoms with E-state index in [1.54, 1.807) is 36.4 Å². The zero-order valence-electron chi connectivity index (χ0n) is 15.4. The lowest BCUT2D eigenvalue weighted by molar-refractivity contribution is -0.123. The molecule has 1 saturated heterocycles. The first kappa shape index (κ1) is 17.2. The number of nitrogens with zero attached hydrogens (tertiary/aromatic N) is 4. The maximum Gasteiger partial charge on any atom is 0.263 e. The Hall–Kier alpha value is -3.22. The van der Waals surface area contributed by atoms with Crippen molar-refractivity contribution in [1.82, 2.24) is 5.01 Å². The van der Waals surface area contributed by atoms with E-state index >= 15 is 0 Å². The molecule has 2 amide bonds. The summed E-state index contributed by atoms with van der Waals surface area (Å²) in [6, 6.07) is 11.5. The van der Waals surface area contributed by atoms with Crippen LogP contribution in [-0.2, 0) is 16.1 Å². The Kier molecular flexibility index (Phi) is 4.14. The van der Waals surface area contributed by atoms with Gasteiger partial charge in [0.2, 0.25) is 0 Å². The van der Waals surface area contributed by atoms with Crippen LogP contribution >= 0.6 is 0 Å². The maximum atomic E-state index is 13.0. The van der Waals surface area contributed by atoms with E-state index in [4.69, 9.17) is 4.74 Å². The molecule has 2 aromatic rings. The summed E-state index contributed by atoms with van der Waals surface area (Å²) in [4.78, 5) is 27.0. The number of fused-ring (bicyclic) bond motifs is 1. The predicted octanol–water partition coefficient (Wildman–Crippen LogP) is 2.81. The van der Waals surface area contributed by atoms with Gasteiger partial charge in [0.05, 0.1) is 19.3 Å². The largest absolute Gasteiger partial charge is 0.497 e. The summed E-state index contributed by atoms with van der Waals surface area (Å²) in [6.07, 6.45) is 0. The molecule has 27 heavy (non-hydrogen) atoms. The van der Waals surface area contributed by atoms with Crippen molar-refractivity contribution in [3.63, 3.8) is 0 Å². The summed E-state index contributed by atoms with van der Waals surface area (Å²) >= 11 is 0. The fourth-order valence-electron chi connectivity index (χ4n) is 3.48. The number of anilines is 1. The van der Waals surface area contributed by atoms with Gasteiger partial charge in [-0.15, -0.1) is 0 Å². The lowest BCUT2D eigenvalue weighted by atomic mass is 10.0. The average molecular weight is 364 g/mol. The SMILES string of the molecule is COc1ccc(N2C(=O)[C@@H]3N=NN(Cc4cc(C)ccc4C)[C@H]3C2=O)cc1. The van der Waals surface area contributed by atoms with Gasteiger partial charge >= 0.3 is 0 Å². The van der Waals surface area contributed by atoms with Crippen molar-refractivity contribution in [2.45, 2.75) is 32.5 Å². The first-order chi connectivity index (χ1) is 13.0. The van der Waals surface area contributed by atoms with Gasteiger partial charge < -0.3 is 4.74 Å². The van der Waals surface area contributed by atoms with Gasteiger partial charge in [-0.1, -0.05) is 29.0 Å². The number of carbonyl (C=O) groups is 2. The van der Waals surface area contributed by atoms with Crippen LogP contribution in [0, 0.1) is 13.8 Å². The summed E-state index contributed by atoms with van der Waals surface area (Å²) < 4.78 is 5.13. The number of aryl methyl sites for hydroxylation is 2. The first-order valence-corrected chi connectivity index (χ1v) is 8.75. The van der Waals surface area contributed by atoms with Gasteiger partial charge in [-0.05, 0) is 49.2 Å². The molecule has 138 valence electrons. The molecule has 0 bridgehead atoms. The number of rotatable bonds is 4. The van der Waals surface area contributed by atoms with Crippen LogP contribution in [0.15, 0.2) is 52.8 Å². The fraction of sp³-hybridized carbons (Fsp3) is 0.300. The van der Waals surface area contributed by atoms with Gasteiger partial charge in [0, 0.05) is 0 Å². The van der Waals surface area contributed by atoms with Crippen molar-refractivity contribution in [3.05, 3.63) is 59.2 Å². The zero-order chi connectivity index (χ0) is 19.1. The van der Waals surface area contributed by atoms with Crippen molar-refractivity contribution < 1.29 is 14.3 Å². The van der Waals surface area contributed by atoms with Crippen LogP contribution in [0.3, 0.4) is 0 Å². The molecule has 7 heteroatoms. The second kappa shape index (κ2) is 6.50. The predicted molar refractivity (Wildman–Crippen MR) is 99.4 cm³/mol. The summed E-state index contributed by atoms with van der Waals surface area (Å²) in [7, 11) is 1.57. The van der Waals surface area contributed by atoms with Crippen LogP contribution in [0.4, 0.5) is 5.69 Å². The molecule has 2 aromatic carbocycles. The van der Waals surface area contributed by atoms with Crippen LogP contribution in [0.2, 0.25) is 0 Å². The van der Waals surface area contributed by atoms with Gasteiger partial charge in [-0.2, -0.15) is 5.11 Å². The number of amides is 2. The molecule has 2 aliphatic heterocycles. The third-order valence-corrected chi connectivity index (χ3v) is 5.03. The Balaban J connectivity index is 1.60. The molecule has 2 heterocycles. The molecule has 4 rings (SSSR count). The molecule has 0 unspecified atom stereocenters. The van der Waals surface area contributed by atoms with E-state index in [1.165, 1.54) is 4.90 Å². The number of ether oxygens (including phenoxy) is 1. The molecular formula is C20H20N4O3. The van der Waals surface area contributed by atoms with Crippen molar-refractivity contribution in [1.29, 1.82) is 0 Å². The van der Waals surface area contributed by atoms with E-state index in [0.29, 0.717) is 18.0 Å². The molecular weight excluding hydrogens is 344 g/mol. The molecule has 1 fully saturated rings. The lowest BCUT2D eigenvalue weighted by Gasteiger charge is -2.21. The van der Waals surface area contributed by atoms with E-state index in [9.17, 15) is 9.59 Å². The average Bonchev–Trinajstić information content (AvgIpc) is 3.18. The van der Waals surface area contributed by atoms with Gasteiger partial charge in [0.15, 0.2) is 12.1 Å². The highest BCUT2D eigenvalue weighted by molar-refractivity contribution is 6.25. The summed E-state index contributed by atoms with van der Waals surface area (Å²) in [5, 5.41) is 9.82. The molecule has 0 aliphatic carbocycles. The Morgan fingerprint density at radius 3 is 2.48 bits per heavy atom. The molecule has 0 saturated carbocycles. The minimum absolute atomic E-state index is 0.300. The molecule has 0 spiro atoms. The number of carbonyl (C=O) groups excluding carboxylic acids is 2. The van der Waals surface area contributed by atoms with E-state index in [2.05, 4.69) is 16.4 Å². The second-order valence-electron chi connectivity index (χ2n) is 6.83. The van der Waals surface area contributed by atoms with E-state index in [1.807, 2.05) is 26.0 Å². The monoisotopic (exact) mass is 364 g/mol. The smallest absolute Gasteiger partial charge is 0.263 e. The number of hydrogen-bond donors (Lipinski definition) is 0. The Labute approximate surface area is 157 Å². The topological polar surface area (TPSA) is 74.6 Å². The molecule has 7 nitrogen and oxygen atoms in total. The van der Waals surface area contributed by atoms with Gasteiger partial charge in [-0.3, -0.25) is 14.6 Å². The fourth-order valence-corrected chi connectivity index (χ4v) is 3.48. The van der Waals surface area contributed by atoms with Crippen molar-refractivity contribution >= 4 is 17.5 Å². The maximum absolute atomic E-state index is 13.0. The van der Waals surface area contributed by atoms with E-state index in [0.717, 1.165) is 16.7 Å². The highest BCUT2D eigenvalue weighted by Gasteiger charge is 2.54. The lowest BCUT2D eigenvalue weighted by Crippen LogP contribution is -2.39. The summed E-state index contributed by atoms with van der Waals surface area (Å²) in [6.45, 7) is 4.48. The van der Waals surface area contributed by atoms with Crippen LogP contribution in [0.1, 0.15) is 16.7 Å². The Bertz CT molecular complexity index is 939. The van der Waals surface area contributed by atoms with Gasteiger partial charge in [-0.25, -0.2) is 4.90 Å². The third-order valence-electron chi connectivity index (χ3n) is 5.03. The summed E-state index contributed by atoms with van der Waals surface area (Å²) in [5.74, 6) is 0.0159. The van der Waals surface area contributed by atoms with Crippen molar-refractivity contribution in [2.24, 2.45) is 10.3 Å². The zero-order valence-corrected chi connectivity index (χ0v) is 15.4. The summed E-state index contributed by atoms with van der Waals surface area (Å²) in [5.41, 5.74) is 3.83. The quantitative estimate of drug-likeness (QED) is 0.782. The van der Waals surface area contributed by atoms with Crippen LogP contribution < -0.4 is 9.64 Å². The minimum Gasteiger partial charge on any atom is -0.497 e. The molecule has 0 aromatic heterocycles. The highest BCUT2D eigenvalue weighted by atomic mass is 16.5. The molecule has 2 atom stereocenters. The number of methoxy groups -OCH3 is 1. The Morgan fingerprint density at radius 2 is 1.78 bits per heavy atom. The number of imide groups is 1. The number of benzene rings is 2. The van der Waals surface area contributed by atoms with Gasteiger partial charge in [0.25, 0.3) is 11.8 Å². The highest BCUT2D eigenvalue weighted by Crippen LogP contribution is 2.33. The van der Waals surface area contributed by atoms with Crippen molar-refractivity contribution in [3.8, 4) is 5.75 Å². The normalized spacial score (nSPS) is 21.1. The molecule has 0 radical (unpaired) electrons. The third kappa shape index (κ3) is 2.85. The minimum atomic E-state index is -0.787. The molecule has 2 aliphatic rings. The molecule has 0 N–H and O–H groups in total. The van der Waals surface area contributed by atoms with Crippen molar-refractivity contribution in [2.75, 3.05) is 12.0 Å². The Morgan fingerprint density at radius 1 is 1.04 bits per heavy atom.